The molecule has 0 spiro atoms. The second-order valence-corrected chi connectivity index (χ2v) is 6.95. The Kier molecular flexibility index (Phi) is 5.08. The SMILES string of the molecule is CNc1c(-c2cnc(N)c(OCc3ccncc3)n2)ccc2c1CN(C)CC2. The molecule has 0 fully saturated rings. The van der Waals surface area contributed by atoms with Gasteiger partial charge in [-0.2, -0.15) is 0 Å². The molecule has 3 aromatic rings. The van der Waals surface area contributed by atoms with Crippen LogP contribution in [-0.2, 0) is 19.6 Å². The molecule has 28 heavy (non-hydrogen) atoms. The van der Waals surface area contributed by atoms with Crippen LogP contribution in [0.3, 0.4) is 0 Å². The molecule has 144 valence electrons. The van der Waals surface area contributed by atoms with Gasteiger partial charge in [0.1, 0.15) is 6.61 Å². The lowest BCUT2D eigenvalue weighted by atomic mass is 9.94. The summed E-state index contributed by atoms with van der Waals surface area (Å²) in [5.41, 5.74) is 12.5. The molecule has 0 amide bonds. The van der Waals surface area contributed by atoms with Crippen LogP contribution in [0.4, 0.5) is 11.5 Å². The van der Waals surface area contributed by atoms with Crippen molar-refractivity contribution in [3.05, 3.63) is 59.5 Å². The summed E-state index contributed by atoms with van der Waals surface area (Å²) in [5.74, 6) is 0.618. The Bertz CT molecular complexity index is 976. The third-order valence-electron chi connectivity index (χ3n) is 5.02. The summed E-state index contributed by atoms with van der Waals surface area (Å²) in [6.45, 7) is 2.34. The quantitative estimate of drug-likeness (QED) is 0.708. The van der Waals surface area contributed by atoms with Crippen LogP contribution in [0.25, 0.3) is 11.3 Å². The van der Waals surface area contributed by atoms with Gasteiger partial charge in [-0.25, -0.2) is 9.97 Å². The van der Waals surface area contributed by atoms with Crippen molar-refractivity contribution in [2.45, 2.75) is 19.6 Å². The van der Waals surface area contributed by atoms with Gasteiger partial charge in [-0.15, -0.1) is 0 Å². The first-order valence-electron chi connectivity index (χ1n) is 9.31. The molecule has 0 saturated heterocycles. The Morgan fingerprint density at radius 3 is 2.82 bits per heavy atom. The van der Waals surface area contributed by atoms with Crippen molar-refractivity contribution >= 4 is 11.5 Å². The number of nitrogens with zero attached hydrogens (tertiary/aromatic N) is 4. The highest BCUT2D eigenvalue weighted by atomic mass is 16.5. The minimum absolute atomic E-state index is 0.279. The molecular formula is C21H24N6O. The third kappa shape index (κ3) is 3.61. The van der Waals surface area contributed by atoms with E-state index in [0.29, 0.717) is 12.5 Å². The summed E-state index contributed by atoms with van der Waals surface area (Å²) in [5, 5.41) is 3.36. The predicted octanol–water partition coefficient (Wildman–Crippen LogP) is 2.73. The topological polar surface area (TPSA) is 89.2 Å². The number of nitrogens with two attached hydrogens (primary N) is 1. The molecule has 0 aliphatic carbocycles. The molecule has 1 aliphatic heterocycles. The summed E-state index contributed by atoms with van der Waals surface area (Å²) in [6.07, 6.45) is 6.21. The highest BCUT2D eigenvalue weighted by Gasteiger charge is 2.20. The van der Waals surface area contributed by atoms with Gasteiger partial charge in [0.05, 0.1) is 11.9 Å². The maximum absolute atomic E-state index is 6.00. The molecule has 1 aromatic carbocycles. The third-order valence-corrected chi connectivity index (χ3v) is 5.02. The Hall–Kier alpha value is -3.19. The highest BCUT2D eigenvalue weighted by molar-refractivity contribution is 5.79. The average molecular weight is 376 g/mol. The zero-order chi connectivity index (χ0) is 19.5. The Morgan fingerprint density at radius 1 is 1.21 bits per heavy atom. The fourth-order valence-electron chi connectivity index (χ4n) is 3.51. The van der Waals surface area contributed by atoms with Gasteiger partial charge in [-0.3, -0.25) is 4.98 Å². The average Bonchev–Trinajstić information content (AvgIpc) is 2.73. The number of pyridine rings is 1. The summed E-state index contributed by atoms with van der Waals surface area (Å²) in [4.78, 5) is 15.3. The fraction of sp³-hybridized carbons (Fsp3) is 0.286. The maximum Gasteiger partial charge on any atom is 0.258 e. The smallest absolute Gasteiger partial charge is 0.258 e. The van der Waals surface area contributed by atoms with Crippen molar-refractivity contribution in [3.63, 3.8) is 0 Å². The van der Waals surface area contributed by atoms with Crippen molar-refractivity contribution in [3.8, 4) is 17.1 Å². The molecule has 0 atom stereocenters. The van der Waals surface area contributed by atoms with Gasteiger partial charge < -0.3 is 20.7 Å². The molecule has 7 nitrogen and oxygen atoms in total. The maximum atomic E-state index is 6.00. The van der Waals surface area contributed by atoms with Gasteiger partial charge in [0.2, 0.25) is 0 Å². The lowest BCUT2D eigenvalue weighted by molar-refractivity contribution is 0.295. The van der Waals surface area contributed by atoms with Crippen LogP contribution in [0, 0.1) is 0 Å². The van der Waals surface area contributed by atoms with E-state index in [1.807, 2.05) is 19.2 Å². The molecule has 0 saturated carbocycles. The predicted molar refractivity (Wildman–Crippen MR) is 110 cm³/mol. The first-order valence-corrected chi connectivity index (χ1v) is 9.31. The molecule has 3 N–H and O–H groups in total. The van der Waals surface area contributed by atoms with E-state index in [-0.39, 0.29) is 5.82 Å². The number of rotatable bonds is 5. The molecule has 0 radical (unpaired) electrons. The van der Waals surface area contributed by atoms with Crippen LogP contribution in [0.1, 0.15) is 16.7 Å². The summed E-state index contributed by atoms with van der Waals surface area (Å²) in [7, 11) is 4.09. The molecule has 3 heterocycles. The standard InChI is InChI=1S/C21H24N6O/c1-23-19-16(4-3-15-7-10-27(2)12-17(15)19)18-11-25-20(22)21(26-18)28-13-14-5-8-24-9-6-14/h3-6,8-9,11,23H,7,10,12-13H2,1-2H3,(H2,22,25). The number of benzene rings is 1. The van der Waals surface area contributed by atoms with Crippen molar-refractivity contribution in [2.75, 3.05) is 31.7 Å². The van der Waals surface area contributed by atoms with Gasteiger partial charge in [-0.1, -0.05) is 12.1 Å². The lowest BCUT2D eigenvalue weighted by Gasteiger charge is -2.28. The number of nitrogen functional groups attached to an aromatic ring is 1. The van der Waals surface area contributed by atoms with E-state index in [2.05, 4.69) is 44.3 Å². The van der Waals surface area contributed by atoms with E-state index in [1.54, 1.807) is 18.6 Å². The van der Waals surface area contributed by atoms with Crippen LogP contribution in [0.5, 0.6) is 5.88 Å². The number of ether oxygens (including phenoxy) is 1. The fourth-order valence-corrected chi connectivity index (χ4v) is 3.51. The molecule has 1 aliphatic rings. The van der Waals surface area contributed by atoms with Crippen LogP contribution in [0.15, 0.2) is 42.9 Å². The zero-order valence-electron chi connectivity index (χ0n) is 16.1. The second-order valence-electron chi connectivity index (χ2n) is 6.95. The minimum atomic E-state index is 0.279. The van der Waals surface area contributed by atoms with Crippen molar-refractivity contribution in [2.24, 2.45) is 0 Å². The van der Waals surface area contributed by atoms with Gasteiger partial charge in [0.15, 0.2) is 5.82 Å². The van der Waals surface area contributed by atoms with Crippen LogP contribution in [0.2, 0.25) is 0 Å². The second kappa shape index (κ2) is 7.82. The number of likely N-dealkylation sites (N-methyl/N-ethyl adjacent to an activating group) is 1. The van der Waals surface area contributed by atoms with Crippen LogP contribution >= 0.6 is 0 Å². The molecule has 4 rings (SSSR count). The monoisotopic (exact) mass is 376 g/mol. The molecular weight excluding hydrogens is 352 g/mol. The number of nitrogens with one attached hydrogen (secondary N) is 1. The van der Waals surface area contributed by atoms with Gasteiger partial charge in [0.25, 0.3) is 5.88 Å². The molecule has 0 bridgehead atoms. The Labute approximate surface area is 164 Å². The number of hydrogen-bond donors (Lipinski definition) is 2. The Balaban J connectivity index is 1.67. The minimum Gasteiger partial charge on any atom is -0.470 e. The summed E-state index contributed by atoms with van der Waals surface area (Å²) in [6, 6.07) is 8.08. The van der Waals surface area contributed by atoms with E-state index in [9.17, 15) is 0 Å². The van der Waals surface area contributed by atoms with E-state index < -0.39 is 0 Å². The van der Waals surface area contributed by atoms with Crippen molar-refractivity contribution in [1.29, 1.82) is 0 Å². The summed E-state index contributed by atoms with van der Waals surface area (Å²) < 4.78 is 5.83. The molecule has 0 unspecified atom stereocenters. The Morgan fingerprint density at radius 2 is 2.04 bits per heavy atom. The first-order chi connectivity index (χ1) is 13.7. The van der Waals surface area contributed by atoms with Crippen molar-refractivity contribution < 1.29 is 4.74 Å². The van der Waals surface area contributed by atoms with E-state index >= 15 is 0 Å². The summed E-state index contributed by atoms with van der Waals surface area (Å²) >= 11 is 0. The van der Waals surface area contributed by atoms with Crippen LogP contribution in [-0.4, -0.2) is 40.5 Å². The van der Waals surface area contributed by atoms with Gasteiger partial charge in [-0.05, 0) is 42.3 Å². The zero-order valence-corrected chi connectivity index (χ0v) is 16.1. The highest BCUT2D eigenvalue weighted by Crippen LogP contribution is 2.35. The van der Waals surface area contributed by atoms with Crippen molar-refractivity contribution in [1.82, 2.24) is 19.9 Å². The molecule has 2 aromatic heterocycles. The van der Waals surface area contributed by atoms with E-state index in [1.165, 1.54) is 11.1 Å². The number of aromatic nitrogens is 3. The number of anilines is 2. The van der Waals surface area contributed by atoms with Gasteiger partial charge >= 0.3 is 0 Å². The first kappa shape index (κ1) is 18.2. The largest absolute Gasteiger partial charge is 0.470 e. The lowest BCUT2D eigenvalue weighted by Crippen LogP contribution is -2.27. The number of fused-ring (bicyclic) bond motifs is 1. The van der Waals surface area contributed by atoms with Crippen LogP contribution < -0.4 is 15.8 Å². The van der Waals surface area contributed by atoms with E-state index in [4.69, 9.17) is 10.5 Å². The van der Waals surface area contributed by atoms with Gasteiger partial charge in [0, 0.05) is 43.8 Å². The van der Waals surface area contributed by atoms with E-state index in [0.717, 1.165) is 42.0 Å². The normalized spacial score (nSPS) is 13.8. The number of hydrogen-bond acceptors (Lipinski definition) is 7. The molecule has 7 heteroatoms.